The SMILES string of the molecule is COC(=O)[N@@+]1(C(=O)Nc2ccccc2)C[C@@H](CCCN=C(N)N)C1=O. The molecule has 4 amide bonds. The number of anilines is 1. The minimum Gasteiger partial charge on any atom is -0.423 e. The van der Waals surface area contributed by atoms with Crippen LogP contribution < -0.4 is 16.8 Å². The molecule has 134 valence electrons. The van der Waals surface area contributed by atoms with E-state index in [0.29, 0.717) is 25.1 Å². The zero-order chi connectivity index (χ0) is 18.4. The summed E-state index contributed by atoms with van der Waals surface area (Å²) in [5.74, 6) is -0.901. The van der Waals surface area contributed by atoms with Crippen LogP contribution in [0.3, 0.4) is 0 Å². The van der Waals surface area contributed by atoms with Gasteiger partial charge in [0, 0.05) is 12.2 Å². The van der Waals surface area contributed by atoms with E-state index in [1.165, 1.54) is 0 Å². The number of likely N-dealkylation sites (tertiary alicyclic amines) is 1. The molecule has 9 heteroatoms. The molecule has 0 radical (unpaired) electrons. The van der Waals surface area contributed by atoms with Crippen molar-refractivity contribution in [1.29, 1.82) is 0 Å². The van der Waals surface area contributed by atoms with Crippen LogP contribution in [0.2, 0.25) is 0 Å². The second-order valence-electron chi connectivity index (χ2n) is 5.74. The van der Waals surface area contributed by atoms with Gasteiger partial charge < -0.3 is 16.2 Å². The molecule has 0 aliphatic carbocycles. The molecule has 25 heavy (non-hydrogen) atoms. The molecular weight excluding hydrogens is 326 g/mol. The molecule has 5 N–H and O–H groups in total. The highest BCUT2D eigenvalue weighted by molar-refractivity contribution is 6.03. The van der Waals surface area contributed by atoms with Crippen LogP contribution >= 0.6 is 0 Å². The summed E-state index contributed by atoms with van der Waals surface area (Å²) < 4.78 is 3.70. The minimum atomic E-state index is -0.988. The first-order valence-electron chi connectivity index (χ1n) is 7.84. The zero-order valence-corrected chi connectivity index (χ0v) is 14.0. The number of aliphatic imine (C=N–C) groups is 1. The van der Waals surface area contributed by atoms with Gasteiger partial charge in [-0.15, -0.1) is 0 Å². The fourth-order valence-electron chi connectivity index (χ4n) is 2.79. The number of nitrogens with one attached hydrogen (secondary N) is 1. The Kier molecular flexibility index (Phi) is 5.71. The first-order chi connectivity index (χ1) is 11.9. The highest BCUT2D eigenvalue weighted by Crippen LogP contribution is 2.33. The number of hydrogen-bond donors (Lipinski definition) is 3. The number of urea groups is 1. The lowest BCUT2D eigenvalue weighted by Gasteiger charge is -2.40. The summed E-state index contributed by atoms with van der Waals surface area (Å²) in [6.45, 7) is 0.451. The Morgan fingerprint density at radius 3 is 2.56 bits per heavy atom. The van der Waals surface area contributed by atoms with Gasteiger partial charge in [-0.3, -0.25) is 10.3 Å². The van der Waals surface area contributed by atoms with E-state index in [4.69, 9.17) is 11.5 Å². The predicted octanol–water partition coefficient (Wildman–Crippen LogP) is 1.01. The maximum absolute atomic E-state index is 12.6. The van der Waals surface area contributed by atoms with Gasteiger partial charge in [0.1, 0.15) is 12.5 Å². The summed E-state index contributed by atoms with van der Waals surface area (Å²) in [5.41, 5.74) is 11.0. The molecule has 0 spiro atoms. The first kappa shape index (κ1) is 18.4. The van der Waals surface area contributed by atoms with Crippen LogP contribution in [0.25, 0.3) is 0 Å². The van der Waals surface area contributed by atoms with Crippen molar-refractivity contribution in [3.8, 4) is 0 Å². The van der Waals surface area contributed by atoms with Crippen molar-refractivity contribution in [2.45, 2.75) is 12.8 Å². The number of benzene rings is 1. The Labute approximate surface area is 145 Å². The van der Waals surface area contributed by atoms with Crippen molar-refractivity contribution >= 4 is 29.7 Å². The number of ether oxygens (including phenoxy) is 1. The van der Waals surface area contributed by atoms with Crippen LogP contribution in [-0.2, 0) is 9.53 Å². The van der Waals surface area contributed by atoms with E-state index in [-0.39, 0.29) is 12.5 Å². The molecule has 1 aliphatic rings. The Bertz CT molecular complexity index is 687. The van der Waals surface area contributed by atoms with Gasteiger partial charge in [-0.2, -0.15) is 4.79 Å². The lowest BCUT2D eigenvalue weighted by molar-refractivity contribution is -0.737. The number of para-hydroxylation sites is 1. The number of rotatable bonds is 5. The van der Waals surface area contributed by atoms with Gasteiger partial charge in [-0.05, 0) is 25.0 Å². The Hall–Kier alpha value is -2.94. The summed E-state index contributed by atoms with van der Waals surface area (Å²) >= 11 is 0. The van der Waals surface area contributed by atoms with Crippen LogP contribution in [0.15, 0.2) is 35.3 Å². The number of carbonyl (C=O) groups excluding carboxylic acids is 3. The lowest BCUT2D eigenvalue weighted by Crippen LogP contribution is -2.74. The maximum atomic E-state index is 12.6. The lowest BCUT2D eigenvalue weighted by atomic mass is 9.90. The highest BCUT2D eigenvalue weighted by atomic mass is 16.6. The van der Waals surface area contributed by atoms with Gasteiger partial charge in [0.25, 0.3) is 0 Å². The molecule has 1 fully saturated rings. The molecule has 1 aromatic rings. The van der Waals surface area contributed by atoms with Gasteiger partial charge in [0.15, 0.2) is 5.96 Å². The third-order valence-electron chi connectivity index (χ3n) is 4.08. The van der Waals surface area contributed by atoms with Crippen LogP contribution in [0.1, 0.15) is 12.8 Å². The van der Waals surface area contributed by atoms with Gasteiger partial charge in [0.05, 0.1) is 7.11 Å². The number of carbonyl (C=O) groups is 3. The number of β-lactam (4-membered cyclic amide) rings is 1. The fraction of sp³-hybridized carbons (Fsp3) is 0.375. The van der Waals surface area contributed by atoms with Crippen LogP contribution in [-0.4, -0.2) is 48.7 Å². The van der Waals surface area contributed by atoms with Crippen LogP contribution in [0.4, 0.5) is 15.3 Å². The average Bonchev–Trinajstić information content (AvgIpc) is 2.60. The third-order valence-corrected chi connectivity index (χ3v) is 4.08. The number of nitrogens with zero attached hydrogens (tertiary/aromatic N) is 2. The van der Waals surface area contributed by atoms with Gasteiger partial charge >= 0.3 is 18.0 Å². The first-order valence-corrected chi connectivity index (χ1v) is 7.84. The summed E-state index contributed by atoms with van der Waals surface area (Å²) in [7, 11) is 1.15. The molecule has 1 aromatic carbocycles. The minimum absolute atomic E-state index is 0.0122. The number of quaternary nitrogens is 1. The quantitative estimate of drug-likeness (QED) is 0.239. The fourth-order valence-corrected chi connectivity index (χ4v) is 2.79. The highest BCUT2D eigenvalue weighted by Gasteiger charge is 2.66. The van der Waals surface area contributed by atoms with E-state index in [0.717, 1.165) is 7.11 Å². The Balaban J connectivity index is 2.05. The van der Waals surface area contributed by atoms with E-state index >= 15 is 0 Å². The average molecular weight is 348 g/mol. The standard InChI is InChI=1S/C16H21N5O4/c1-25-16(24)21(15(23)20-12-7-3-2-4-8-12)10-11(13(21)22)6-5-9-19-14(17)18/h2-4,7-8,11H,5-6,9-10H2,1H3,(H4-,17,18,19,20,23)/p+1/t11-,21+/m1/s1. The van der Waals surface area contributed by atoms with E-state index in [9.17, 15) is 14.4 Å². The molecule has 0 aromatic heterocycles. The van der Waals surface area contributed by atoms with E-state index in [2.05, 4.69) is 15.0 Å². The number of amides is 4. The predicted molar refractivity (Wildman–Crippen MR) is 91.4 cm³/mol. The molecule has 1 aliphatic heterocycles. The number of imide groups is 3. The normalized spacial score (nSPS) is 21.8. The van der Waals surface area contributed by atoms with Gasteiger partial charge in [-0.1, -0.05) is 22.7 Å². The third kappa shape index (κ3) is 3.77. The van der Waals surface area contributed by atoms with Crippen molar-refractivity contribution in [2.24, 2.45) is 22.4 Å². The largest absolute Gasteiger partial charge is 0.532 e. The van der Waals surface area contributed by atoms with Crippen molar-refractivity contribution in [2.75, 3.05) is 25.5 Å². The summed E-state index contributed by atoms with van der Waals surface area (Å²) in [6, 6.07) is 7.89. The van der Waals surface area contributed by atoms with Crippen molar-refractivity contribution < 1.29 is 23.6 Å². The maximum Gasteiger partial charge on any atom is 0.532 e. The van der Waals surface area contributed by atoms with Crippen molar-refractivity contribution in [3.63, 3.8) is 0 Å². The molecule has 1 saturated heterocycles. The molecule has 0 unspecified atom stereocenters. The van der Waals surface area contributed by atoms with E-state index in [1.54, 1.807) is 30.3 Å². The van der Waals surface area contributed by atoms with E-state index in [1.807, 2.05) is 0 Å². The van der Waals surface area contributed by atoms with Gasteiger partial charge in [-0.25, -0.2) is 9.59 Å². The van der Waals surface area contributed by atoms with Crippen molar-refractivity contribution in [3.05, 3.63) is 30.3 Å². The Morgan fingerprint density at radius 2 is 2.00 bits per heavy atom. The second kappa shape index (κ2) is 7.75. The molecule has 2 rings (SSSR count). The number of methoxy groups -OCH3 is 1. The number of guanidine groups is 1. The molecular formula is C16H22N5O4+. The molecule has 0 bridgehead atoms. The van der Waals surface area contributed by atoms with Crippen LogP contribution in [0, 0.1) is 5.92 Å². The zero-order valence-electron chi connectivity index (χ0n) is 14.0. The molecule has 0 saturated carbocycles. The second-order valence-corrected chi connectivity index (χ2v) is 5.74. The Morgan fingerprint density at radius 1 is 1.32 bits per heavy atom. The number of nitrogens with two attached hydrogens (primary N) is 2. The van der Waals surface area contributed by atoms with Gasteiger partial charge in [0.2, 0.25) is 0 Å². The van der Waals surface area contributed by atoms with Crippen molar-refractivity contribution in [1.82, 2.24) is 0 Å². The summed E-state index contributed by atoms with van der Waals surface area (Å²) in [5, 5.41) is 2.59. The van der Waals surface area contributed by atoms with Crippen LogP contribution in [0.5, 0.6) is 0 Å². The smallest absolute Gasteiger partial charge is 0.423 e. The summed E-state index contributed by atoms with van der Waals surface area (Å²) in [6.07, 6.45) is 0.181. The summed E-state index contributed by atoms with van der Waals surface area (Å²) in [4.78, 5) is 41.1. The molecule has 2 atom stereocenters. The number of hydrogen-bond acceptors (Lipinski definition) is 5. The molecule has 9 nitrogen and oxygen atoms in total. The van der Waals surface area contributed by atoms with E-state index < -0.39 is 28.4 Å². The molecule has 1 heterocycles. The monoisotopic (exact) mass is 348 g/mol. The topological polar surface area (TPSA) is 137 Å².